The topological polar surface area (TPSA) is 54.5 Å². The maximum atomic E-state index is 15.1. The van der Waals surface area contributed by atoms with Crippen molar-refractivity contribution < 1.29 is 61.5 Å². The summed E-state index contributed by atoms with van der Waals surface area (Å²) in [5, 5.41) is 0. The number of rotatable bonds is 3. The maximum absolute atomic E-state index is 15.1. The van der Waals surface area contributed by atoms with Crippen LogP contribution in [0.4, 0.5) is 48.3 Å². The number of aryl methyl sites for hydroxylation is 1. The number of likely N-dealkylation sites (tertiary alicyclic amines) is 1. The van der Waals surface area contributed by atoms with Crippen LogP contribution in [0.3, 0.4) is 0 Å². The predicted molar refractivity (Wildman–Crippen MR) is 111 cm³/mol. The minimum absolute atomic E-state index is 0.00923. The highest BCUT2D eigenvalue weighted by atomic mass is 32.2. The average molecular weight is 595 g/mol. The van der Waals surface area contributed by atoms with E-state index in [-0.39, 0.29) is 17.0 Å². The lowest BCUT2D eigenvalue weighted by atomic mass is 9.76. The number of sulfone groups is 1. The fourth-order valence-electron chi connectivity index (χ4n) is 5.48. The molecule has 0 radical (unpaired) electrons. The number of halogens is 11. The minimum Gasteiger partial charge on any atom is -0.330 e. The standard InChI is InChI=1S/C23H16F11NO3S/c24-16-11-14-12(10-15(16)20(25,22(29,30)31)23(32,33)34)6-7-17-19(14,8-9-35(17)18(36)21(26,27)28)39(37,38)13-4-2-1-3-5-13/h1-5,10-11,17H,6-9H2/t17-,19-/m1/s1. The molecule has 0 bridgehead atoms. The summed E-state index contributed by atoms with van der Waals surface area (Å²) in [6, 6.07) is 4.03. The van der Waals surface area contributed by atoms with Gasteiger partial charge in [-0.15, -0.1) is 0 Å². The first kappa shape index (κ1) is 29.1. The van der Waals surface area contributed by atoms with Gasteiger partial charge in [-0.3, -0.25) is 4.79 Å². The Morgan fingerprint density at radius 2 is 1.46 bits per heavy atom. The highest BCUT2D eigenvalue weighted by molar-refractivity contribution is 7.92. The normalized spacial score (nSPS) is 22.4. The van der Waals surface area contributed by atoms with Crippen LogP contribution in [0.15, 0.2) is 47.4 Å². The van der Waals surface area contributed by atoms with Gasteiger partial charge in [0.1, 0.15) is 10.6 Å². The SMILES string of the molecule is O=C(N1CC[C@@]2(S(=O)(=O)c3ccccc3)c3cc(F)c(C(F)(C(F)(F)F)C(F)(F)F)cc3CC[C@@H]12)C(F)(F)F. The number of carbonyl (C=O) groups excluding carboxylic acids is 1. The number of amides is 1. The Labute approximate surface area is 213 Å². The second-order valence-corrected chi connectivity index (χ2v) is 11.4. The zero-order chi connectivity index (χ0) is 29.4. The van der Waals surface area contributed by atoms with Crippen molar-refractivity contribution in [1.29, 1.82) is 0 Å². The van der Waals surface area contributed by atoms with Gasteiger partial charge in [-0.25, -0.2) is 17.2 Å². The number of hydrogen-bond acceptors (Lipinski definition) is 3. The van der Waals surface area contributed by atoms with E-state index in [9.17, 15) is 57.1 Å². The van der Waals surface area contributed by atoms with Gasteiger partial charge in [-0.1, -0.05) is 18.2 Å². The molecular formula is C23H16F11NO3S. The zero-order valence-corrected chi connectivity index (χ0v) is 20.0. The van der Waals surface area contributed by atoms with Crippen molar-refractivity contribution in [2.45, 2.75) is 59.1 Å². The summed E-state index contributed by atoms with van der Waals surface area (Å²) < 4.78 is 175. The molecule has 0 aromatic heterocycles. The van der Waals surface area contributed by atoms with Crippen LogP contribution < -0.4 is 0 Å². The molecule has 4 nitrogen and oxygen atoms in total. The molecule has 39 heavy (non-hydrogen) atoms. The Hall–Kier alpha value is -2.91. The maximum Gasteiger partial charge on any atom is 0.471 e. The molecule has 4 rings (SSSR count). The lowest BCUT2D eigenvalue weighted by molar-refractivity contribution is -0.349. The summed E-state index contributed by atoms with van der Waals surface area (Å²) in [6.07, 6.45) is -20.9. The van der Waals surface area contributed by atoms with Gasteiger partial charge in [-0.2, -0.15) is 39.5 Å². The minimum atomic E-state index is -6.67. The van der Waals surface area contributed by atoms with Gasteiger partial charge >= 0.3 is 30.1 Å². The Kier molecular flexibility index (Phi) is 6.56. The van der Waals surface area contributed by atoms with E-state index in [2.05, 4.69) is 0 Å². The van der Waals surface area contributed by atoms with Crippen LogP contribution in [0.2, 0.25) is 0 Å². The van der Waals surface area contributed by atoms with Crippen molar-refractivity contribution in [2.24, 2.45) is 0 Å². The number of fused-ring (bicyclic) bond motifs is 3. The Morgan fingerprint density at radius 1 is 0.897 bits per heavy atom. The van der Waals surface area contributed by atoms with Crippen molar-refractivity contribution in [3.63, 3.8) is 0 Å². The summed E-state index contributed by atoms with van der Waals surface area (Å²) in [6.45, 7) is -0.823. The first-order chi connectivity index (χ1) is 17.7. The largest absolute Gasteiger partial charge is 0.471 e. The highest BCUT2D eigenvalue weighted by Crippen LogP contribution is 2.57. The number of carbonyl (C=O) groups is 1. The lowest BCUT2D eigenvalue weighted by Gasteiger charge is -2.43. The van der Waals surface area contributed by atoms with E-state index in [4.69, 9.17) is 0 Å². The van der Waals surface area contributed by atoms with Gasteiger partial charge in [0, 0.05) is 12.1 Å². The molecule has 2 aromatic carbocycles. The number of nitrogens with zero attached hydrogens (tertiary/aromatic N) is 1. The van der Waals surface area contributed by atoms with Crippen LogP contribution in [0, 0.1) is 5.82 Å². The molecule has 0 saturated carbocycles. The molecular weight excluding hydrogens is 579 g/mol. The van der Waals surface area contributed by atoms with Gasteiger partial charge in [0.15, 0.2) is 9.84 Å². The molecule has 2 atom stereocenters. The smallest absolute Gasteiger partial charge is 0.330 e. The first-order valence-electron chi connectivity index (χ1n) is 11.0. The molecule has 1 heterocycles. The third-order valence-electron chi connectivity index (χ3n) is 7.16. The van der Waals surface area contributed by atoms with Crippen LogP contribution in [-0.2, 0) is 31.5 Å². The molecule has 1 fully saturated rings. The molecule has 214 valence electrons. The third kappa shape index (κ3) is 4.08. The molecule has 0 unspecified atom stereocenters. The predicted octanol–water partition coefficient (Wildman–Crippen LogP) is 5.89. The van der Waals surface area contributed by atoms with E-state index in [1.807, 2.05) is 0 Å². The molecule has 1 aliphatic carbocycles. The van der Waals surface area contributed by atoms with Gasteiger partial charge in [0.2, 0.25) is 0 Å². The second-order valence-electron chi connectivity index (χ2n) is 9.15. The van der Waals surface area contributed by atoms with E-state index in [0.717, 1.165) is 12.1 Å². The van der Waals surface area contributed by atoms with Gasteiger partial charge in [0.25, 0.3) is 0 Å². The Balaban J connectivity index is 2.02. The van der Waals surface area contributed by atoms with E-state index in [0.29, 0.717) is 0 Å². The first-order valence-corrected chi connectivity index (χ1v) is 12.5. The van der Waals surface area contributed by atoms with Gasteiger partial charge in [-0.05, 0) is 54.7 Å². The summed E-state index contributed by atoms with van der Waals surface area (Å²) in [5.74, 6) is -4.83. The summed E-state index contributed by atoms with van der Waals surface area (Å²) in [4.78, 5) is 11.9. The van der Waals surface area contributed by atoms with E-state index in [1.165, 1.54) is 18.2 Å². The van der Waals surface area contributed by atoms with Crippen LogP contribution in [-0.4, -0.2) is 50.3 Å². The summed E-state index contributed by atoms with van der Waals surface area (Å²) >= 11 is 0. The fraction of sp³-hybridized carbons (Fsp3) is 0.435. The van der Waals surface area contributed by atoms with Crippen LogP contribution in [0.1, 0.15) is 29.5 Å². The summed E-state index contributed by atoms with van der Waals surface area (Å²) in [7, 11) is -4.87. The fourth-order valence-corrected chi connectivity index (χ4v) is 7.86. The molecule has 2 aromatic rings. The second kappa shape index (κ2) is 8.80. The molecule has 0 spiro atoms. The highest BCUT2D eigenvalue weighted by Gasteiger charge is 2.75. The molecule has 1 amide bonds. The van der Waals surface area contributed by atoms with Crippen molar-refractivity contribution >= 4 is 15.7 Å². The Morgan fingerprint density at radius 3 is 1.97 bits per heavy atom. The van der Waals surface area contributed by atoms with Gasteiger partial charge in [0.05, 0.1) is 10.9 Å². The van der Waals surface area contributed by atoms with Crippen LogP contribution in [0.5, 0.6) is 0 Å². The van der Waals surface area contributed by atoms with E-state index >= 15 is 4.39 Å². The van der Waals surface area contributed by atoms with Crippen LogP contribution >= 0.6 is 0 Å². The Bertz CT molecular complexity index is 1390. The molecule has 16 heteroatoms. The van der Waals surface area contributed by atoms with E-state index in [1.54, 1.807) is 0 Å². The van der Waals surface area contributed by atoms with Crippen molar-refractivity contribution in [3.8, 4) is 0 Å². The van der Waals surface area contributed by atoms with Crippen LogP contribution in [0.25, 0.3) is 0 Å². The lowest BCUT2D eigenvalue weighted by Crippen LogP contribution is -2.55. The third-order valence-corrected chi connectivity index (χ3v) is 9.71. The molecule has 1 saturated heterocycles. The van der Waals surface area contributed by atoms with Crippen molar-refractivity contribution in [3.05, 3.63) is 65.0 Å². The molecule has 2 aliphatic rings. The van der Waals surface area contributed by atoms with E-state index < -0.39 is 104 Å². The zero-order valence-electron chi connectivity index (χ0n) is 19.2. The van der Waals surface area contributed by atoms with Gasteiger partial charge < -0.3 is 4.90 Å². The number of alkyl halides is 10. The molecule has 0 N–H and O–H groups in total. The summed E-state index contributed by atoms with van der Waals surface area (Å²) in [5.41, 5.74) is -10.0. The van der Waals surface area contributed by atoms with Crippen molar-refractivity contribution in [1.82, 2.24) is 4.90 Å². The number of benzene rings is 2. The van der Waals surface area contributed by atoms with Crippen molar-refractivity contribution in [2.75, 3.05) is 6.54 Å². The quantitative estimate of drug-likeness (QED) is 0.416. The monoisotopic (exact) mass is 595 g/mol. The molecule has 1 aliphatic heterocycles. The number of hydrogen-bond donors (Lipinski definition) is 0. The average Bonchev–Trinajstić information content (AvgIpc) is 3.22.